The number of nitrogens with zero attached hydrogens (tertiary/aromatic N) is 3. The zero-order valence-electron chi connectivity index (χ0n) is 16.9. The van der Waals surface area contributed by atoms with Crippen molar-refractivity contribution in [2.24, 2.45) is 5.41 Å². The minimum Gasteiger partial charge on any atom is -0.381 e. The monoisotopic (exact) mass is 441 g/mol. The number of carbonyl (C=O) groups is 1. The van der Waals surface area contributed by atoms with Crippen molar-refractivity contribution in [2.45, 2.75) is 24.3 Å². The fourth-order valence-electron chi connectivity index (χ4n) is 4.17. The van der Waals surface area contributed by atoms with Crippen LogP contribution in [0.4, 0.5) is 0 Å². The van der Waals surface area contributed by atoms with Gasteiger partial charge in [0, 0.05) is 49.8 Å². The molecule has 0 bridgehead atoms. The van der Waals surface area contributed by atoms with Gasteiger partial charge in [0.2, 0.25) is 10.0 Å². The molecule has 10 heteroatoms. The molecule has 5 rings (SSSR count). The Morgan fingerprint density at radius 2 is 1.90 bits per heavy atom. The van der Waals surface area contributed by atoms with E-state index in [1.54, 1.807) is 40.8 Å². The number of amides is 1. The largest absolute Gasteiger partial charge is 0.381 e. The fourth-order valence-corrected chi connectivity index (χ4v) is 5.83. The van der Waals surface area contributed by atoms with E-state index in [9.17, 15) is 13.2 Å². The van der Waals surface area contributed by atoms with Crippen LogP contribution in [0.25, 0.3) is 11.0 Å². The number of ether oxygens (including phenoxy) is 1. The first kappa shape index (κ1) is 20.1. The number of nitrogens with one attached hydrogen (secondary N) is 2. The Labute approximate surface area is 179 Å². The molecule has 0 radical (unpaired) electrons. The van der Waals surface area contributed by atoms with Crippen LogP contribution in [0.3, 0.4) is 0 Å². The molecule has 0 unspecified atom stereocenters. The lowest BCUT2D eigenvalue weighted by molar-refractivity contribution is -0.0476. The smallest absolute Gasteiger partial charge is 0.253 e. The van der Waals surface area contributed by atoms with Gasteiger partial charge in [0.15, 0.2) is 5.65 Å². The van der Waals surface area contributed by atoms with Gasteiger partial charge in [0.05, 0.1) is 16.7 Å². The third-order valence-electron chi connectivity index (χ3n) is 6.14. The second kappa shape index (κ2) is 7.70. The molecule has 2 aromatic heterocycles. The molecule has 2 aliphatic rings. The Morgan fingerprint density at radius 3 is 2.65 bits per heavy atom. The Balaban J connectivity index is 1.20. The highest BCUT2D eigenvalue weighted by atomic mass is 32.2. The molecule has 0 saturated carbocycles. The lowest BCUT2D eigenvalue weighted by atomic mass is 9.75. The number of hydrogen-bond acceptors (Lipinski definition) is 6. The van der Waals surface area contributed by atoms with Gasteiger partial charge < -0.3 is 10.1 Å². The van der Waals surface area contributed by atoms with E-state index in [4.69, 9.17) is 4.74 Å². The van der Waals surface area contributed by atoms with E-state index in [0.717, 1.165) is 23.8 Å². The van der Waals surface area contributed by atoms with Gasteiger partial charge in [0.25, 0.3) is 5.91 Å². The Hall–Kier alpha value is -2.82. The number of rotatable bonds is 5. The van der Waals surface area contributed by atoms with E-state index in [0.29, 0.717) is 37.5 Å². The Kier molecular flexibility index (Phi) is 4.99. The van der Waals surface area contributed by atoms with E-state index in [1.807, 2.05) is 0 Å². The van der Waals surface area contributed by atoms with Crippen LogP contribution in [-0.4, -0.2) is 60.1 Å². The quantitative estimate of drug-likeness (QED) is 0.622. The fraction of sp³-hybridized carbons (Fsp3) is 0.381. The van der Waals surface area contributed by atoms with Crippen LogP contribution in [0, 0.1) is 5.41 Å². The van der Waals surface area contributed by atoms with Crippen LogP contribution < -0.4 is 5.32 Å². The Morgan fingerprint density at radius 1 is 1.16 bits per heavy atom. The van der Waals surface area contributed by atoms with Crippen molar-refractivity contribution in [3.63, 3.8) is 0 Å². The number of aromatic amines is 1. The molecule has 2 aliphatic heterocycles. The SMILES string of the molecule is O=C(NCc1ccc(S(=O)(=O)N2CC3(CCOCC3)C2)cc1)c1cnc2[nH]ncc2c1. The summed E-state index contributed by atoms with van der Waals surface area (Å²) in [6.45, 7) is 2.83. The average molecular weight is 442 g/mol. The van der Waals surface area contributed by atoms with E-state index < -0.39 is 10.0 Å². The molecule has 9 nitrogen and oxygen atoms in total. The van der Waals surface area contributed by atoms with E-state index in [2.05, 4.69) is 20.5 Å². The van der Waals surface area contributed by atoms with Crippen LogP contribution >= 0.6 is 0 Å². The van der Waals surface area contributed by atoms with Gasteiger partial charge >= 0.3 is 0 Å². The van der Waals surface area contributed by atoms with Crippen molar-refractivity contribution in [3.05, 3.63) is 53.9 Å². The summed E-state index contributed by atoms with van der Waals surface area (Å²) in [6.07, 6.45) is 4.94. The standard InChI is InChI=1S/C21H23N5O4S/c27-20(17-9-16-12-24-25-19(16)22-11-17)23-10-15-1-3-18(4-2-15)31(28,29)26-13-21(14-26)5-7-30-8-6-21/h1-4,9,11-12H,5-8,10,13-14H2,(H,23,27)(H,22,24,25). The molecule has 0 aliphatic carbocycles. The zero-order valence-corrected chi connectivity index (χ0v) is 17.7. The number of carbonyl (C=O) groups excluding carboxylic acids is 1. The highest BCUT2D eigenvalue weighted by molar-refractivity contribution is 7.89. The Bertz CT molecular complexity index is 1210. The van der Waals surface area contributed by atoms with Gasteiger partial charge in [-0.2, -0.15) is 9.40 Å². The molecule has 1 aromatic carbocycles. The molecular weight excluding hydrogens is 418 g/mol. The van der Waals surface area contributed by atoms with Crippen molar-refractivity contribution < 1.29 is 17.9 Å². The lowest BCUT2D eigenvalue weighted by Crippen LogP contribution is -2.60. The summed E-state index contributed by atoms with van der Waals surface area (Å²) in [6, 6.07) is 8.38. The van der Waals surface area contributed by atoms with E-state index >= 15 is 0 Å². The first-order valence-electron chi connectivity index (χ1n) is 10.2. The van der Waals surface area contributed by atoms with Crippen LogP contribution in [0.1, 0.15) is 28.8 Å². The average Bonchev–Trinajstić information content (AvgIpc) is 3.24. The molecule has 1 amide bonds. The van der Waals surface area contributed by atoms with E-state index in [-0.39, 0.29) is 22.8 Å². The van der Waals surface area contributed by atoms with Gasteiger partial charge in [0.1, 0.15) is 0 Å². The van der Waals surface area contributed by atoms with Gasteiger partial charge in [-0.3, -0.25) is 9.89 Å². The van der Waals surface area contributed by atoms with Crippen molar-refractivity contribution in [1.29, 1.82) is 0 Å². The molecule has 3 aromatic rings. The van der Waals surface area contributed by atoms with Crippen molar-refractivity contribution in [3.8, 4) is 0 Å². The second-order valence-electron chi connectivity index (χ2n) is 8.24. The summed E-state index contributed by atoms with van der Waals surface area (Å²) in [5, 5.41) is 10.2. The molecule has 1 spiro atoms. The minimum atomic E-state index is -3.50. The predicted molar refractivity (Wildman–Crippen MR) is 113 cm³/mol. The van der Waals surface area contributed by atoms with Gasteiger partial charge in [-0.1, -0.05) is 12.1 Å². The molecule has 2 saturated heterocycles. The minimum absolute atomic E-state index is 0.0872. The summed E-state index contributed by atoms with van der Waals surface area (Å²) >= 11 is 0. The molecule has 4 heterocycles. The molecule has 2 fully saturated rings. The molecule has 2 N–H and O–H groups in total. The van der Waals surface area contributed by atoms with Crippen molar-refractivity contribution in [1.82, 2.24) is 24.8 Å². The highest BCUT2D eigenvalue weighted by Gasteiger charge is 2.48. The summed E-state index contributed by atoms with van der Waals surface area (Å²) in [5.74, 6) is -0.255. The summed E-state index contributed by atoms with van der Waals surface area (Å²) in [4.78, 5) is 16.8. The first-order chi connectivity index (χ1) is 15.0. The van der Waals surface area contributed by atoms with Crippen LogP contribution in [-0.2, 0) is 21.3 Å². The number of pyridine rings is 1. The van der Waals surface area contributed by atoms with Crippen molar-refractivity contribution in [2.75, 3.05) is 26.3 Å². The predicted octanol–water partition coefficient (Wildman–Crippen LogP) is 1.69. The molecule has 0 atom stereocenters. The number of hydrogen-bond donors (Lipinski definition) is 2. The maximum atomic E-state index is 12.9. The molecular formula is C21H23N5O4S. The normalized spacial score (nSPS) is 18.7. The number of sulfonamides is 1. The molecule has 31 heavy (non-hydrogen) atoms. The topological polar surface area (TPSA) is 117 Å². The van der Waals surface area contributed by atoms with Crippen LogP contribution in [0.5, 0.6) is 0 Å². The summed E-state index contributed by atoms with van der Waals surface area (Å²) in [7, 11) is -3.50. The summed E-state index contributed by atoms with van der Waals surface area (Å²) in [5.41, 5.74) is 1.96. The molecule has 162 valence electrons. The lowest BCUT2D eigenvalue weighted by Gasteiger charge is -2.51. The maximum absolute atomic E-state index is 12.9. The van der Waals surface area contributed by atoms with Gasteiger partial charge in [-0.15, -0.1) is 0 Å². The number of fused-ring (bicyclic) bond motifs is 1. The van der Waals surface area contributed by atoms with Gasteiger partial charge in [-0.05, 0) is 36.6 Å². The van der Waals surface area contributed by atoms with Gasteiger partial charge in [-0.25, -0.2) is 13.4 Å². The van der Waals surface area contributed by atoms with Crippen LogP contribution in [0.2, 0.25) is 0 Å². The van der Waals surface area contributed by atoms with E-state index in [1.165, 1.54) is 6.20 Å². The highest BCUT2D eigenvalue weighted by Crippen LogP contribution is 2.42. The number of aromatic nitrogens is 3. The first-order valence-corrected chi connectivity index (χ1v) is 11.6. The maximum Gasteiger partial charge on any atom is 0.253 e. The second-order valence-corrected chi connectivity index (χ2v) is 10.2. The third kappa shape index (κ3) is 3.82. The number of H-pyrrole nitrogens is 1. The van der Waals surface area contributed by atoms with Crippen LogP contribution in [0.15, 0.2) is 47.6 Å². The zero-order chi connectivity index (χ0) is 21.5. The summed E-state index contributed by atoms with van der Waals surface area (Å²) < 4.78 is 32.7. The number of benzene rings is 1. The van der Waals surface area contributed by atoms with Crippen molar-refractivity contribution >= 4 is 27.0 Å². The third-order valence-corrected chi connectivity index (χ3v) is 7.95.